The summed E-state index contributed by atoms with van der Waals surface area (Å²) in [5.41, 5.74) is 8.43. The van der Waals surface area contributed by atoms with Crippen LogP contribution in [-0.4, -0.2) is 0 Å². The van der Waals surface area contributed by atoms with Gasteiger partial charge in [0.05, 0.1) is 0 Å². The zero-order chi connectivity index (χ0) is 12.4. The van der Waals surface area contributed by atoms with Gasteiger partial charge < -0.3 is 10.2 Å². The van der Waals surface area contributed by atoms with Crippen molar-refractivity contribution in [3.63, 3.8) is 0 Å². The first-order valence-electron chi connectivity index (χ1n) is 5.83. The number of fused-ring (bicyclic) bond motifs is 1. The Labute approximate surface area is 105 Å². The van der Waals surface area contributed by atoms with Crippen LogP contribution in [0.5, 0.6) is 0 Å². The van der Waals surface area contributed by atoms with Gasteiger partial charge in [-0.05, 0) is 35.9 Å². The second-order valence-corrected chi connectivity index (χ2v) is 4.19. The van der Waals surface area contributed by atoms with Crippen LogP contribution in [0.15, 0.2) is 59.0 Å². The molecule has 0 aliphatic rings. The van der Waals surface area contributed by atoms with Gasteiger partial charge in [-0.25, -0.2) is 0 Å². The lowest BCUT2D eigenvalue weighted by molar-refractivity contribution is 0.604. The van der Waals surface area contributed by atoms with Gasteiger partial charge in [0.2, 0.25) is 0 Å². The third kappa shape index (κ3) is 2.13. The van der Waals surface area contributed by atoms with E-state index >= 15 is 0 Å². The summed E-state index contributed by atoms with van der Waals surface area (Å²) < 4.78 is 5.70. The molecule has 0 aliphatic carbocycles. The molecule has 0 radical (unpaired) electrons. The number of nitrogens with two attached hydrogens (primary N) is 1. The fourth-order valence-electron chi connectivity index (χ4n) is 1.87. The highest BCUT2D eigenvalue weighted by molar-refractivity contribution is 5.81. The van der Waals surface area contributed by atoms with Gasteiger partial charge in [0.1, 0.15) is 11.3 Å². The molecule has 3 aromatic rings. The molecule has 0 amide bonds. The monoisotopic (exact) mass is 235 g/mol. The molecule has 2 N–H and O–H groups in total. The minimum Gasteiger partial charge on any atom is -0.457 e. The maximum Gasteiger partial charge on any atom is 0.134 e. The molecule has 0 aliphatic heterocycles. The van der Waals surface area contributed by atoms with Gasteiger partial charge in [-0.2, -0.15) is 0 Å². The molecule has 1 heterocycles. The predicted molar refractivity (Wildman–Crippen MR) is 76.0 cm³/mol. The first kappa shape index (κ1) is 10.7. The van der Waals surface area contributed by atoms with E-state index in [0.717, 1.165) is 28.0 Å². The van der Waals surface area contributed by atoms with Crippen LogP contribution in [0.1, 0.15) is 11.3 Å². The van der Waals surface area contributed by atoms with Gasteiger partial charge in [-0.15, -0.1) is 0 Å². The van der Waals surface area contributed by atoms with Gasteiger partial charge in [-0.3, -0.25) is 0 Å². The average molecular weight is 235 g/mol. The Hall–Kier alpha value is -2.48. The van der Waals surface area contributed by atoms with Crippen molar-refractivity contribution in [2.75, 3.05) is 5.73 Å². The van der Waals surface area contributed by atoms with E-state index in [4.69, 9.17) is 10.2 Å². The van der Waals surface area contributed by atoms with Crippen LogP contribution in [0.4, 0.5) is 5.69 Å². The molecule has 0 spiro atoms. The Morgan fingerprint density at radius 1 is 0.889 bits per heavy atom. The highest BCUT2D eigenvalue weighted by Crippen LogP contribution is 2.20. The van der Waals surface area contributed by atoms with E-state index < -0.39 is 0 Å². The molecule has 3 rings (SSSR count). The molecular formula is C16H13NO. The molecule has 0 bridgehead atoms. The SMILES string of the molecule is Nc1ccc(C=Cc2cc3ccccc3o2)cc1. The van der Waals surface area contributed by atoms with Gasteiger partial charge in [0, 0.05) is 11.1 Å². The van der Waals surface area contributed by atoms with E-state index in [0.29, 0.717) is 0 Å². The lowest BCUT2D eigenvalue weighted by Gasteiger charge is -1.93. The van der Waals surface area contributed by atoms with Crippen molar-refractivity contribution in [3.8, 4) is 0 Å². The maximum absolute atomic E-state index is 5.70. The zero-order valence-corrected chi connectivity index (χ0v) is 9.84. The second-order valence-electron chi connectivity index (χ2n) is 4.19. The number of hydrogen-bond acceptors (Lipinski definition) is 2. The number of para-hydroxylation sites is 1. The van der Waals surface area contributed by atoms with Gasteiger partial charge >= 0.3 is 0 Å². The second kappa shape index (κ2) is 4.41. The summed E-state index contributed by atoms with van der Waals surface area (Å²) >= 11 is 0. The van der Waals surface area contributed by atoms with Crippen LogP contribution < -0.4 is 5.73 Å². The third-order valence-corrected chi connectivity index (χ3v) is 2.82. The topological polar surface area (TPSA) is 39.2 Å². The number of furan rings is 1. The Morgan fingerprint density at radius 2 is 1.67 bits per heavy atom. The van der Waals surface area contributed by atoms with Gasteiger partial charge in [-0.1, -0.05) is 36.4 Å². The van der Waals surface area contributed by atoms with Crippen molar-refractivity contribution < 1.29 is 4.42 Å². The number of hydrogen-bond donors (Lipinski definition) is 1. The van der Waals surface area contributed by atoms with Crippen LogP contribution in [0.3, 0.4) is 0 Å². The number of nitrogen functional groups attached to an aromatic ring is 1. The molecule has 2 aromatic carbocycles. The van der Waals surface area contributed by atoms with Crippen molar-refractivity contribution in [2.24, 2.45) is 0 Å². The molecule has 0 unspecified atom stereocenters. The number of benzene rings is 2. The third-order valence-electron chi connectivity index (χ3n) is 2.82. The van der Waals surface area contributed by atoms with Crippen LogP contribution in [0, 0.1) is 0 Å². The summed E-state index contributed by atoms with van der Waals surface area (Å²) in [7, 11) is 0. The average Bonchev–Trinajstić information content (AvgIpc) is 2.81. The van der Waals surface area contributed by atoms with E-state index in [-0.39, 0.29) is 0 Å². The van der Waals surface area contributed by atoms with Gasteiger partial charge in [0.25, 0.3) is 0 Å². The fraction of sp³-hybridized carbons (Fsp3) is 0. The summed E-state index contributed by atoms with van der Waals surface area (Å²) in [6.07, 6.45) is 3.97. The van der Waals surface area contributed by atoms with Crippen molar-refractivity contribution in [1.29, 1.82) is 0 Å². The van der Waals surface area contributed by atoms with E-state index in [1.54, 1.807) is 0 Å². The molecule has 88 valence electrons. The Bertz CT molecular complexity index is 659. The van der Waals surface area contributed by atoms with E-state index in [9.17, 15) is 0 Å². The molecule has 2 heteroatoms. The Balaban J connectivity index is 1.89. The molecule has 18 heavy (non-hydrogen) atoms. The minimum atomic E-state index is 0.774. The molecule has 0 saturated carbocycles. The summed E-state index contributed by atoms with van der Waals surface area (Å²) in [4.78, 5) is 0. The normalized spacial score (nSPS) is 11.3. The van der Waals surface area contributed by atoms with E-state index in [1.807, 2.05) is 66.7 Å². The standard InChI is InChI=1S/C16H13NO/c17-14-8-5-12(6-9-14)7-10-15-11-13-3-1-2-4-16(13)18-15/h1-11H,17H2. The zero-order valence-electron chi connectivity index (χ0n) is 9.84. The quantitative estimate of drug-likeness (QED) is 0.676. The molecule has 1 aromatic heterocycles. The summed E-state index contributed by atoms with van der Waals surface area (Å²) in [5, 5.41) is 1.12. The summed E-state index contributed by atoms with van der Waals surface area (Å²) in [5.74, 6) is 0.855. The van der Waals surface area contributed by atoms with Crippen molar-refractivity contribution in [3.05, 3.63) is 65.9 Å². The largest absolute Gasteiger partial charge is 0.457 e. The van der Waals surface area contributed by atoms with Crippen LogP contribution >= 0.6 is 0 Å². The van der Waals surface area contributed by atoms with Crippen LogP contribution in [0.2, 0.25) is 0 Å². The minimum absolute atomic E-state index is 0.774. The highest BCUT2D eigenvalue weighted by Gasteiger charge is 1.98. The van der Waals surface area contributed by atoms with E-state index in [1.165, 1.54) is 0 Å². The Kier molecular flexibility index (Phi) is 2.61. The molecule has 0 saturated heterocycles. The molecule has 0 atom stereocenters. The molecule has 0 fully saturated rings. The van der Waals surface area contributed by atoms with E-state index in [2.05, 4.69) is 0 Å². The smallest absolute Gasteiger partial charge is 0.134 e. The van der Waals surface area contributed by atoms with Gasteiger partial charge in [0.15, 0.2) is 0 Å². The number of anilines is 1. The molecule has 2 nitrogen and oxygen atoms in total. The summed E-state index contributed by atoms with van der Waals surface area (Å²) in [6.45, 7) is 0. The van der Waals surface area contributed by atoms with Crippen molar-refractivity contribution in [2.45, 2.75) is 0 Å². The van der Waals surface area contributed by atoms with Crippen molar-refractivity contribution in [1.82, 2.24) is 0 Å². The summed E-state index contributed by atoms with van der Waals surface area (Å²) in [6, 6.07) is 17.8. The van der Waals surface area contributed by atoms with Crippen molar-refractivity contribution >= 4 is 28.8 Å². The first-order chi connectivity index (χ1) is 8.81. The molecular weight excluding hydrogens is 222 g/mol. The predicted octanol–water partition coefficient (Wildman–Crippen LogP) is 4.19. The lowest BCUT2D eigenvalue weighted by Crippen LogP contribution is -1.82. The lowest BCUT2D eigenvalue weighted by atomic mass is 10.2. The highest BCUT2D eigenvalue weighted by atomic mass is 16.3. The number of rotatable bonds is 2. The first-order valence-corrected chi connectivity index (χ1v) is 5.83. The van der Waals surface area contributed by atoms with Crippen LogP contribution in [0.25, 0.3) is 23.1 Å². The fourth-order valence-corrected chi connectivity index (χ4v) is 1.87. The maximum atomic E-state index is 5.70. The van der Waals surface area contributed by atoms with Crippen LogP contribution in [-0.2, 0) is 0 Å². The Morgan fingerprint density at radius 3 is 2.44 bits per heavy atom.